The second-order valence-corrected chi connectivity index (χ2v) is 4.85. The minimum Gasteiger partial charge on any atom is -0.336 e. The van der Waals surface area contributed by atoms with Gasteiger partial charge in [0.05, 0.1) is 6.07 Å². The van der Waals surface area contributed by atoms with Gasteiger partial charge in [0.2, 0.25) is 0 Å². The topological polar surface area (TPSA) is 52.9 Å². The lowest BCUT2D eigenvalue weighted by atomic mass is 10.0. The van der Waals surface area contributed by atoms with Gasteiger partial charge in [-0.25, -0.2) is 0 Å². The molecule has 2 aromatic carbocycles. The summed E-state index contributed by atoms with van der Waals surface area (Å²) in [6.45, 7) is 3.83. The second kappa shape index (κ2) is 5.53. The Labute approximate surface area is 112 Å². The number of benzene rings is 2. The van der Waals surface area contributed by atoms with Gasteiger partial charge in [0.25, 0.3) is 5.91 Å². The molecule has 0 bridgehead atoms. The molecule has 2 aromatic rings. The first-order chi connectivity index (χ1) is 9.13. The maximum Gasteiger partial charge on any atom is 0.252 e. The van der Waals surface area contributed by atoms with Gasteiger partial charge in [0, 0.05) is 5.56 Å². The smallest absolute Gasteiger partial charge is 0.252 e. The van der Waals surface area contributed by atoms with Crippen molar-refractivity contribution in [1.82, 2.24) is 5.32 Å². The van der Waals surface area contributed by atoms with E-state index in [1.807, 2.05) is 50.2 Å². The third-order valence-corrected chi connectivity index (χ3v) is 3.13. The van der Waals surface area contributed by atoms with Crippen molar-refractivity contribution in [1.29, 1.82) is 5.26 Å². The van der Waals surface area contributed by atoms with E-state index in [4.69, 9.17) is 5.26 Å². The summed E-state index contributed by atoms with van der Waals surface area (Å²) in [4.78, 5) is 12.3. The van der Waals surface area contributed by atoms with Crippen molar-refractivity contribution in [2.75, 3.05) is 0 Å². The number of carbonyl (C=O) groups excluding carboxylic acids is 1. The molecule has 0 aliphatic rings. The van der Waals surface area contributed by atoms with Gasteiger partial charge in [-0.3, -0.25) is 4.79 Å². The molecule has 0 saturated heterocycles. The Morgan fingerprint density at radius 1 is 1.16 bits per heavy atom. The molecule has 1 N–H and O–H groups in total. The molecule has 0 spiro atoms. The lowest BCUT2D eigenvalue weighted by Crippen LogP contribution is -2.37. The van der Waals surface area contributed by atoms with Crippen LogP contribution in [0.3, 0.4) is 0 Å². The minimum absolute atomic E-state index is 0.0870. The third kappa shape index (κ3) is 2.74. The van der Waals surface area contributed by atoms with Crippen molar-refractivity contribution < 1.29 is 4.79 Å². The number of nitrogens with one attached hydrogen (secondary N) is 1. The zero-order valence-electron chi connectivity index (χ0n) is 11.1. The Morgan fingerprint density at radius 2 is 1.84 bits per heavy atom. The number of nitriles is 1. The summed E-state index contributed by atoms with van der Waals surface area (Å²) < 4.78 is 0. The van der Waals surface area contributed by atoms with Gasteiger partial charge in [-0.05, 0) is 22.8 Å². The van der Waals surface area contributed by atoms with Crippen LogP contribution in [0.4, 0.5) is 0 Å². The Morgan fingerprint density at radius 3 is 2.53 bits per heavy atom. The average Bonchev–Trinajstić information content (AvgIpc) is 2.43. The summed E-state index contributed by atoms with van der Waals surface area (Å²) >= 11 is 0. The fourth-order valence-electron chi connectivity index (χ4n) is 1.99. The molecule has 1 unspecified atom stereocenters. The van der Waals surface area contributed by atoms with Crippen LogP contribution in [-0.2, 0) is 0 Å². The Hall–Kier alpha value is -2.34. The van der Waals surface area contributed by atoms with Crippen LogP contribution in [0.25, 0.3) is 10.8 Å². The van der Waals surface area contributed by atoms with Crippen LogP contribution in [0.2, 0.25) is 0 Å². The number of hydrogen-bond acceptors (Lipinski definition) is 2. The highest BCUT2D eigenvalue weighted by Gasteiger charge is 2.17. The van der Waals surface area contributed by atoms with E-state index in [2.05, 4.69) is 11.4 Å². The number of amides is 1. The molecular weight excluding hydrogens is 236 g/mol. The van der Waals surface area contributed by atoms with E-state index in [0.29, 0.717) is 5.56 Å². The largest absolute Gasteiger partial charge is 0.336 e. The molecule has 3 nitrogen and oxygen atoms in total. The van der Waals surface area contributed by atoms with Crippen molar-refractivity contribution in [3.05, 3.63) is 48.0 Å². The first kappa shape index (κ1) is 13.1. The first-order valence-electron chi connectivity index (χ1n) is 6.31. The van der Waals surface area contributed by atoms with Crippen molar-refractivity contribution in [2.45, 2.75) is 19.9 Å². The summed E-state index contributed by atoms with van der Waals surface area (Å²) in [7, 11) is 0. The zero-order valence-corrected chi connectivity index (χ0v) is 11.1. The van der Waals surface area contributed by atoms with Crippen molar-refractivity contribution in [2.24, 2.45) is 5.92 Å². The van der Waals surface area contributed by atoms with Crippen molar-refractivity contribution in [3.63, 3.8) is 0 Å². The zero-order chi connectivity index (χ0) is 13.8. The summed E-state index contributed by atoms with van der Waals surface area (Å²) in [5.74, 6) is -0.110. The summed E-state index contributed by atoms with van der Waals surface area (Å²) in [6, 6.07) is 15.0. The number of carbonyl (C=O) groups is 1. The van der Waals surface area contributed by atoms with Crippen LogP contribution in [0, 0.1) is 17.2 Å². The molecule has 0 fully saturated rings. The Kier molecular flexibility index (Phi) is 3.82. The van der Waals surface area contributed by atoms with Crippen LogP contribution in [0.15, 0.2) is 42.5 Å². The summed E-state index contributed by atoms with van der Waals surface area (Å²) in [5, 5.41) is 13.7. The Balaban J connectivity index is 2.35. The van der Waals surface area contributed by atoms with Crippen LogP contribution in [0.1, 0.15) is 24.2 Å². The maximum absolute atomic E-state index is 12.3. The van der Waals surface area contributed by atoms with Crippen LogP contribution < -0.4 is 5.32 Å². The second-order valence-electron chi connectivity index (χ2n) is 4.85. The standard InChI is InChI=1S/C16H16N2O/c1-11(2)15(10-17)18-16(19)14-9-5-7-12-6-3-4-8-13(12)14/h3-9,11,15H,1-2H3,(H,18,19). The number of nitrogens with zero attached hydrogens (tertiary/aromatic N) is 1. The molecule has 19 heavy (non-hydrogen) atoms. The van der Waals surface area contributed by atoms with Gasteiger partial charge in [0.1, 0.15) is 6.04 Å². The Bertz CT molecular complexity index is 635. The minimum atomic E-state index is -0.466. The van der Waals surface area contributed by atoms with E-state index in [1.54, 1.807) is 6.07 Å². The third-order valence-electron chi connectivity index (χ3n) is 3.13. The number of hydrogen-bond donors (Lipinski definition) is 1. The lowest BCUT2D eigenvalue weighted by molar-refractivity contribution is 0.0939. The van der Waals surface area contributed by atoms with E-state index < -0.39 is 6.04 Å². The fourth-order valence-corrected chi connectivity index (χ4v) is 1.99. The molecule has 0 aliphatic carbocycles. The van der Waals surface area contributed by atoms with Crippen LogP contribution >= 0.6 is 0 Å². The highest BCUT2D eigenvalue weighted by atomic mass is 16.1. The molecule has 1 amide bonds. The predicted molar refractivity (Wildman–Crippen MR) is 75.7 cm³/mol. The average molecular weight is 252 g/mol. The molecule has 1 atom stereocenters. The SMILES string of the molecule is CC(C)C(C#N)NC(=O)c1cccc2ccccc12. The number of rotatable bonds is 3. The summed E-state index contributed by atoms with van der Waals surface area (Å²) in [6.07, 6.45) is 0. The maximum atomic E-state index is 12.3. The van der Waals surface area contributed by atoms with E-state index in [0.717, 1.165) is 10.8 Å². The van der Waals surface area contributed by atoms with Gasteiger partial charge in [-0.1, -0.05) is 50.2 Å². The molecule has 0 saturated carbocycles. The molecule has 0 heterocycles. The van der Waals surface area contributed by atoms with E-state index in [9.17, 15) is 4.79 Å². The molecule has 0 radical (unpaired) electrons. The molecule has 96 valence electrons. The van der Waals surface area contributed by atoms with Crippen molar-refractivity contribution >= 4 is 16.7 Å². The lowest BCUT2D eigenvalue weighted by Gasteiger charge is -2.15. The van der Waals surface area contributed by atoms with E-state index >= 15 is 0 Å². The van der Waals surface area contributed by atoms with Gasteiger partial charge in [0.15, 0.2) is 0 Å². The van der Waals surface area contributed by atoms with E-state index in [1.165, 1.54) is 0 Å². The first-order valence-corrected chi connectivity index (χ1v) is 6.31. The van der Waals surface area contributed by atoms with Crippen LogP contribution in [0.5, 0.6) is 0 Å². The van der Waals surface area contributed by atoms with Gasteiger partial charge in [-0.2, -0.15) is 5.26 Å². The summed E-state index contributed by atoms with van der Waals surface area (Å²) in [5.41, 5.74) is 0.610. The van der Waals surface area contributed by atoms with Crippen LogP contribution in [-0.4, -0.2) is 11.9 Å². The molecular formula is C16H16N2O. The highest BCUT2D eigenvalue weighted by Crippen LogP contribution is 2.18. The molecule has 0 aliphatic heterocycles. The predicted octanol–water partition coefficient (Wildman–Crippen LogP) is 3.12. The quantitative estimate of drug-likeness (QED) is 0.912. The number of fused-ring (bicyclic) bond motifs is 1. The monoisotopic (exact) mass is 252 g/mol. The fraction of sp³-hybridized carbons (Fsp3) is 0.250. The molecule has 3 heteroatoms. The van der Waals surface area contributed by atoms with E-state index in [-0.39, 0.29) is 11.8 Å². The molecule has 0 aromatic heterocycles. The highest BCUT2D eigenvalue weighted by molar-refractivity contribution is 6.07. The normalized spacial score (nSPS) is 12.1. The van der Waals surface area contributed by atoms with Gasteiger partial charge in [-0.15, -0.1) is 0 Å². The van der Waals surface area contributed by atoms with Gasteiger partial charge < -0.3 is 5.32 Å². The van der Waals surface area contributed by atoms with Gasteiger partial charge >= 0.3 is 0 Å². The molecule has 2 rings (SSSR count). The van der Waals surface area contributed by atoms with Crippen molar-refractivity contribution in [3.8, 4) is 6.07 Å².